The lowest BCUT2D eigenvalue weighted by Gasteiger charge is -2.06. The Labute approximate surface area is 112 Å². The molecule has 2 aromatic rings. The summed E-state index contributed by atoms with van der Waals surface area (Å²) in [4.78, 5) is 0.239. The second-order valence-corrected chi connectivity index (χ2v) is 6.17. The largest absolute Gasteiger partial charge is 0.497 e. The first-order valence-corrected chi connectivity index (χ1v) is 7.38. The van der Waals surface area contributed by atoms with Crippen LogP contribution in [-0.4, -0.2) is 15.5 Å². The fourth-order valence-electron chi connectivity index (χ4n) is 1.73. The lowest BCUT2D eigenvalue weighted by Crippen LogP contribution is -2.05. The third-order valence-corrected chi connectivity index (χ3v) is 4.42. The van der Waals surface area contributed by atoms with E-state index >= 15 is 0 Å². The van der Waals surface area contributed by atoms with Crippen molar-refractivity contribution in [2.45, 2.75) is 10.6 Å². The van der Waals surface area contributed by atoms with Gasteiger partial charge in [0.05, 0.1) is 17.8 Å². The summed E-state index contributed by atoms with van der Waals surface area (Å²) >= 11 is 0. The maximum Gasteiger partial charge on any atom is 0.182 e. The van der Waals surface area contributed by atoms with Crippen molar-refractivity contribution in [3.8, 4) is 5.75 Å². The second-order valence-electron chi connectivity index (χ2n) is 4.18. The van der Waals surface area contributed by atoms with Crippen molar-refractivity contribution in [3.05, 3.63) is 54.1 Å². The summed E-state index contributed by atoms with van der Waals surface area (Å²) in [7, 11) is -1.81. The van der Waals surface area contributed by atoms with Crippen LogP contribution < -0.4 is 10.5 Å². The van der Waals surface area contributed by atoms with Crippen molar-refractivity contribution in [2.75, 3.05) is 12.8 Å². The lowest BCUT2D eigenvalue weighted by atomic mass is 10.2. The number of ether oxygens (including phenoxy) is 1. The fraction of sp³-hybridized carbons (Fsp3) is 0.143. The third-order valence-electron chi connectivity index (χ3n) is 2.73. The van der Waals surface area contributed by atoms with E-state index in [4.69, 9.17) is 10.5 Å². The molecule has 0 atom stereocenters. The molecule has 0 heterocycles. The first-order chi connectivity index (χ1) is 9.01. The minimum atomic E-state index is -3.38. The first kappa shape index (κ1) is 13.4. The Balaban J connectivity index is 2.25. The summed E-state index contributed by atoms with van der Waals surface area (Å²) in [6, 6.07) is 13.3. The number of benzene rings is 2. The molecule has 0 fully saturated rings. The van der Waals surface area contributed by atoms with Crippen LogP contribution in [0.5, 0.6) is 5.75 Å². The summed E-state index contributed by atoms with van der Waals surface area (Å²) in [5.74, 6) is 0.644. The van der Waals surface area contributed by atoms with Gasteiger partial charge >= 0.3 is 0 Å². The van der Waals surface area contributed by atoms with Crippen molar-refractivity contribution < 1.29 is 13.2 Å². The van der Waals surface area contributed by atoms with Gasteiger partial charge in [-0.3, -0.25) is 0 Å². The van der Waals surface area contributed by atoms with Crippen LogP contribution in [0.15, 0.2) is 53.4 Å². The van der Waals surface area contributed by atoms with Gasteiger partial charge in [-0.05, 0) is 35.9 Å². The average Bonchev–Trinajstić information content (AvgIpc) is 2.39. The molecular weight excluding hydrogens is 262 g/mol. The molecule has 0 aliphatic heterocycles. The van der Waals surface area contributed by atoms with E-state index in [1.807, 2.05) is 0 Å². The summed E-state index contributed by atoms with van der Waals surface area (Å²) in [6.07, 6.45) is 0. The van der Waals surface area contributed by atoms with Crippen LogP contribution in [0.25, 0.3) is 0 Å². The highest BCUT2D eigenvalue weighted by Crippen LogP contribution is 2.20. The van der Waals surface area contributed by atoms with Crippen molar-refractivity contribution in [2.24, 2.45) is 0 Å². The SMILES string of the molecule is COc1ccc(CS(=O)(=O)c2cccc(N)c2)cc1. The Bertz CT molecular complexity index is 663. The van der Waals surface area contributed by atoms with Crippen LogP contribution in [0.3, 0.4) is 0 Å². The Hall–Kier alpha value is -2.01. The summed E-state index contributed by atoms with van der Waals surface area (Å²) < 4.78 is 29.5. The molecule has 0 aliphatic carbocycles. The van der Waals surface area contributed by atoms with Gasteiger partial charge in [0.2, 0.25) is 0 Å². The predicted molar refractivity (Wildman–Crippen MR) is 74.7 cm³/mol. The molecule has 0 unspecified atom stereocenters. The lowest BCUT2D eigenvalue weighted by molar-refractivity contribution is 0.414. The summed E-state index contributed by atoms with van der Waals surface area (Å²) in [5.41, 5.74) is 6.76. The summed E-state index contributed by atoms with van der Waals surface area (Å²) in [6.45, 7) is 0. The quantitative estimate of drug-likeness (QED) is 0.870. The number of rotatable bonds is 4. The molecule has 19 heavy (non-hydrogen) atoms. The molecule has 100 valence electrons. The molecule has 2 N–H and O–H groups in total. The third kappa shape index (κ3) is 3.26. The van der Waals surface area contributed by atoms with E-state index < -0.39 is 9.84 Å². The van der Waals surface area contributed by atoms with Gasteiger partial charge in [0, 0.05) is 5.69 Å². The Kier molecular flexibility index (Phi) is 3.76. The standard InChI is InChI=1S/C14H15NO3S/c1-18-13-7-5-11(6-8-13)10-19(16,17)14-4-2-3-12(15)9-14/h2-9H,10,15H2,1H3. The van der Waals surface area contributed by atoms with Crippen molar-refractivity contribution >= 4 is 15.5 Å². The van der Waals surface area contributed by atoms with Gasteiger partial charge < -0.3 is 10.5 Å². The van der Waals surface area contributed by atoms with E-state index in [0.29, 0.717) is 17.0 Å². The highest BCUT2D eigenvalue weighted by Gasteiger charge is 2.15. The zero-order chi connectivity index (χ0) is 13.9. The smallest absolute Gasteiger partial charge is 0.182 e. The number of anilines is 1. The van der Waals surface area contributed by atoms with Crippen LogP contribution in [0, 0.1) is 0 Å². The minimum absolute atomic E-state index is 0.0551. The van der Waals surface area contributed by atoms with Gasteiger partial charge in [-0.25, -0.2) is 8.42 Å². The highest BCUT2D eigenvalue weighted by atomic mass is 32.2. The number of nitrogens with two attached hydrogens (primary N) is 1. The van der Waals surface area contributed by atoms with Crippen molar-refractivity contribution in [1.82, 2.24) is 0 Å². The van der Waals surface area contributed by atoms with E-state index in [0.717, 1.165) is 0 Å². The normalized spacial score (nSPS) is 11.2. The summed E-state index contributed by atoms with van der Waals surface area (Å²) in [5, 5.41) is 0. The maximum atomic E-state index is 12.2. The fourth-order valence-corrected chi connectivity index (χ4v) is 3.13. The molecule has 0 aliphatic rings. The molecule has 0 saturated heterocycles. The molecular formula is C14H15NO3S. The minimum Gasteiger partial charge on any atom is -0.497 e. The van der Waals surface area contributed by atoms with Crippen molar-refractivity contribution in [3.63, 3.8) is 0 Å². The topological polar surface area (TPSA) is 69.4 Å². The molecule has 2 rings (SSSR count). The zero-order valence-electron chi connectivity index (χ0n) is 10.5. The van der Waals surface area contributed by atoms with Crippen LogP contribution in [-0.2, 0) is 15.6 Å². The van der Waals surface area contributed by atoms with Gasteiger partial charge in [-0.15, -0.1) is 0 Å². The van der Waals surface area contributed by atoms with E-state index in [-0.39, 0.29) is 10.6 Å². The highest BCUT2D eigenvalue weighted by molar-refractivity contribution is 7.90. The van der Waals surface area contributed by atoms with Gasteiger partial charge in [-0.2, -0.15) is 0 Å². The molecule has 5 heteroatoms. The molecule has 4 nitrogen and oxygen atoms in total. The number of nitrogen functional groups attached to an aromatic ring is 1. The molecule has 0 aromatic heterocycles. The predicted octanol–water partition coefficient (Wildman–Crippen LogP) is 2.25. The van der Waals surface area contributed by atoms with Gasteiger partial charge in [-0.1, -0.05) is 18.2 Å². The van der Waals surface area contributed by atoms with E-state index in [1.54, 1.807) is 49.6 Å². The van der Waals surface area contributed by atoms with Crippen molar-refractivity contribution in [1.29, 1.82) is 0 Å². The monoisotopic (exact) mass is 277 g/mol. The van der Waals surface area contributed by atoms with Crippen LogP contribution >= 0.6 is 0 Å². The molecule has 0 saturated carbocycles. The van der Waals surface area contributed by atoms with E-state index in [1.165, 1.54) is 6.07 Å². The Morgan fingerprint density at radius 2 is 1.79 bits per heavy atom. The van der Waals surface area contributed by atoms with E-state index in [9.17, 15) is 8.42 Å². The average molecular weight is 277 g/mol. The number of methoxy groups -OCH3 is 1. The Morgan fingerprint density at radius 1 is 1.11 bits per heavy atom. The number of hydrogen-bond acceptors (Lipinski definition) is 4. The number of sulfone groups is 1. The maximum absolute atomic E-state index is 12.2. The van der Waals surface area contributed by atoms with Gasteiger partial charge in [0.25, 0.3) is 0 Å². The number of hydrogen-bond donors (Lipinski definition) is 1. The molecule has 0 spiro atoms. The van der Waals surface area contributed by atoms with E-state index in [2.05, 4.69) is 0 Å². The first-order valence-electron chi connectivity index (χ1n) is 5.72. The van der Waals surface area contributed by atoms with Crippen LogP contribution in [0.4, 0.5) is 5.69 Å². The van der Waals surface area contributed by atoms with Crippen LogP contribution in [0.2, 0.25) is 0 Å². The molecule has 0 bridgehead atoms. The molecule has 2 aromatic carbocycles. The van der Waals surface area contributed by atoms with Gasteiger partial charge in [0.15, 0.2) is 9.84 Å². The molecule has 0 amide bonds. The Morgan fingerprint density at radius 3 is 2.37 bits per heavy atom. The second kappa shape index (κ2) is 5.32. The van der Waals surface area contributed by atoms with Gasteiger partial charge in [0.1, 0.15) is 5.75 Å². The zero-order valence-corrected chi connectivity index (χ0v) is 11.4. The molecule has 0 radical (unpaired) electrons. The van der Waals surface area contributed by atoms with Crippen LogP contribution in [0.1, 0.15) is 5.56 Å².